The summed E-state index contributed by atoms with van der Waals surface area (Å²) in [6.45, 7) is 0. The van der Waals surface area contributed by atoms with Crippen LogP contribution in [0.2, 0.25) is 0 Å². The molecule has 11 rings (SSSR count). The van der Waals surface area contributed by atoms with Crippen molar-refractivity contribution in [2.45, 2.75) is 0 Å². The molecule has 0 aliphatic heterocycles. The Morgan fingerprint density at radius 2 is 0.750 bits per heavy atom. The third-order valence-electron chi connectivity index (χ3n) is 10.8. The van der Waals surface area contributed by atoms with Gasteiger partial charge in [0, 0.05) is 81.2 Å². The van der Waals surface area contributed by atoms with Crippen molar-refractivity contribution in [1.82, 2.24) is 29.1 Å². The highest BCUT2D eigenvalue weighted by molar-refractivity contribution is 6.11. The Kier molecular flexibility index (Phi) is 7.38. The molecule has 262 valence electrons. The maximum atomic E-state index is 4.58. The van der Waals surface area contributed by atoms with Crippen LogP contribution < -0.4 is 0 Å². The van der Waals surface area contributed by atoms with Crippen molar-refractivity contribution in [3.05, 3.63) is 195 Å². The van der Waals surface area contributed by atoms with Gasteiger partial charge in [0.1, 0.15) is 0 Å². The van der Waals surface area contributed by atoms with Crippen LogP contribution in [0.4, 0.5) is 0 Å². The van der Waals surface area contributed by atoms with Gasteiger partial charge in [0.25, 0.3) is 0 Å². The summed E-state index contributed by atoms with van der Waals surface area (Å²) in [5.74, 6) is 0. The van der Waals surface area contributed by atoms with E-state index >= 15 is 0 Å². The minimum absolute atomic E-state index is 0.961. The van der Waals surface area contributed by atoms with E-state index in [1.807, 2.05) is 73.6 Å². The molecule has 11 aromatic rings. The zero-order valence-electron chi connectivity index (χ0n) is 30.2. The van der Waals surface area contributed by atoms with Crippen molar-refractivity contribution >= 4 is 43.6 Å². The summed E-state index contributed by atoms with van der Waals surface area (Å²) >= 11 is 0. The van der Waals surface area contributed by atoms with E-state index in [1.165, 1.54) is 0 Å². The molecule has 0 amide bonds. The molecule has 6 nitrogen and oxygen atoms in total. The summed E-state index contributed by atoms with van der Waals surface area (Å²) in [7, 11) is 0. The predicted octanol–water partition coefficient (Wildman–Crippen LogP) is 12.1. The van der Waals surface area contributed by atoms with Gasteiger partial charge in [0.15, 0.2) is 0 Å². The summed E-state index contributed by atoms with van der Waals surface area (Å²) in [6, 6.07) is 55.8. The average molecular weight is 717 g/mol. The van der Waals surface area contributed by atoms with Crippen molar-refractivity contribution in [1.29, 1.82) is 0 Å². The van der Waals surface area contributed by atoms with Crippen molar-refractivity contribution < 1.29 is 0 Å². The number of benzene rings is 5. The highest BCUT2D eigenvalue weighted by Gasteiger charge is 2.17. The lowest BCUT2D eigenvalue weighted by atomic mass is 10.00. The molecule has 0 atom stereocenters. The van der Waals surface area contributed by atoms with Crippen LogP contribution >= 0.6 is 0 Å². The quantitative estimate of drug-likeness (QED) is 0.172. The summed E-state index contributed by atoms with van der Waals surface area (Å²) in [6.07, 6.45) is 11.4. The molecule has 6 heterocycles. The number of hydrogen-bond donors (Lipinski definition) is 0. The second kappa shape index (κ2) is 13.0. The Morgan fingerprint density at radius 3 is 1.23 bits per heavy atom. The number of nitrogens with zero attached hydrogens (tertiary/aromatic N) is 6. The molecule has 0 bridgehead atoms. The monoisotopic (exact) mass is 716 g/mol. The van der Waals surface area contributed by atoms with Crippen LogP contribution in [0.25, 0.3) is 99.8 Å². The standard InChI is InChI=1S/C50H32N6/c1-3-22-53-45(14-1)37-10-5-8-33(26-37)35-16-18-47-41(28-35)43-31-51-24-20-49(43)55(47)39-12-7-13-40(30-39)56-48-19-17-36(29-42(48)44-32-52-25-21-50(44)56)34-9-6-11-38(27-34)46-15-2-4-23-54-46/h1-32H. The Morgan fingerprint density at radius 1 is 0.304 bits per heavy atom. The van der Waals surface area contributed by atoms with Crippen molar-refractivity contribution in [3.8, 4) is 56.1 Å². The molecular formula is C50H32N6. The second-order valence-corrected chi connectivity index (χ2v) is 14.0. The Labute approximate surface area is 322 Å². The first-order valence-corrected chi connectivity index (χ1v) is 18.7. The van der Waals surface area contributed by atoms with Gasteiger partial charge in [-0.3, -0.25) is 19.9 Å². The molecular weight excluding hydrogens is 685 g/mol. The predicted molar refractivity (Wildman–Crippen MR) is 228 cm³/mol. The summed E-state index contributed by atoms with van der Waals surface area (Å²) < 4.78 is 4.71. The van der Waals surface area contributed by atoms with Crippen LogP contribution in [0.5, 0.6) is 0 Å². The van der Waals surface area contributed by atoms with Crippen molar-refractivity contribution in [2.24, 2.45) is 0 Å². The van der Waals surface area contributed by atoms with Gasteiger partial charge in [-0.05, 0) is 113 Å². The van der Waals surface area contributed by atoms with E-state index in [9.17, 15) is 0 Å². The molecule has 0 spiro atoms. The number of aromatic nitrogens is 6. The molecule has 56 heavy (non-hydrogen) atoms. The third-order valence-corrected chi connectivity index (χ3v) is 10.8. The van der Waals surface area contributed by atoms with E-state index in [1.54, 1.807) is 0 Å². The topological polar surface area (TPSA) is 61.4 Å². The molecule has 0 radical (unpaired) electrons. The van der Waals surface area contributed by atoms with Crippen molar-refractivity contribution in [2.75, 3.05) is 0 Å². The number of fused-ring (bicyclic) bond motifs is 6. The molecule has 0 saturated carbocycles. The second-order valence-electron chi connectivity index (χ2n) is 14.0. The van der Waals surface area contributed by atoms with Crippen LogP contribution in [0.3, 0.4) is 0 Å². The Hall–Kier alpha value is -7.70. The van der Waals surface area contributed by atoms with Gasteiger partial charge in [0.05, 0.1) is 33.5 Å². The summed E-state index contributed by atoms with van der Waals surface area (Å²) in [5.41, 5.74) is 15.3. The Bertz CT molecular complexity index is 3040. The lowest BCUT2D eigenvalue weighted by Crippen LogP contribution is -1.98. The smallest absolute Gasteiger partial charge is 0.0702 e. The molecule has 0 saturated heterocycles. The van der Waals surface area contributed by atoms with Crippen LogP contribution in [-0.2, 0) is 0 Å². The maximum absolute atomic E-state index is 4.58. The number of rotatable bonds is 6. The average Bonchev–Trinajstić information content (AvgIpc) is 3.79. The molecule has 0 N–H and O–H groups in total. The number of hydrogen-bond acceptors (Lipinski definition) is 4. The number of pyridine rings is 4. The van der Waals surface area contributed by atoms with Gasteiger partial charge in [0.2, 0.25) is 0 Å². The summed E-state index contributed by atoms with van der Waals surface area (Å²) in [4.78, 5) is 18.3. The minimum atomic E-state index is 0.961. The lowest BCUT2D eigenvalue weighted by Gasteiger charge is -2.13. The lowest BCUT2D eigenvalue weighted by molar-refractivity contribution is 1.13. The highest BCUT2D eigenvalue weighted by Crippen LogP contribution is 2.38. The van der Waals surface area contributed by atoms with Gasteiger partial charge < -0.3 is 9.13 Å². The molecule has 0 unspecified atom stereocenters. The van der Waals surface area contributed by atoms with Gasteiger partial charge in [-0.2, -0.15) is 0 Å². The SMILES string of the molecule is c1ccc(-c2cccc(-c3ccc4c(c3)c3cnccc3n4-c3cccc(-n4c5ccncc5c5cc(-c6cccc(-c7ccccn7)c6)ccc54)c3)c2)nc1. The van der Waals surface area contributed by atoms with Gasteiger partial charge in [-0.15, -0.1) is 0 Å². The van der Waals surface area contributed by atoms with E-state index < -0.39 is 0 Å². The zero-order valence-corrected chi connectivity index (χ0v) is 30.2. The van der Waals surface area contributed by atoms with Crippen LogP contribution in [0.15, 0.2) is 195 Å². The van der Waals surface area contributed by atoms with Crippen LogP contribution in [0.1, 0.15) is 0 Å². The maximum Gasteiger partial charge on any atom is 0.0702 e. The van der Waals surface area contributed by atoms with Gasteiger partial charge in [-0.25, -0.2) is 0 Å². The fourth-order valence-corrected chi connectivity index (χ4v) is 8.20. The molecule has 6 aromatic heterocycles. The zero-order chi connectivity index (χ0) is 37.0. The largest absolute Gasteiger partial charge is 0.309 e. The Balaban J connectivity index is 1.03. The first-order valence-electron chi connectivity index (χ1n) is 18.7. The fourth-order valence-electron chi connectivity index (χ4n) is 8.20. The molecule has 0 aliphatic rings. The molecule has 6 heteroatoms. The van der Waals surface area contributed by atoms with E-state index in [0.717, 1.165) is 99.8 Å². The third kappa shape index (κ3) is 5.27. The highest BCUT2D eigenvalue weighted by atomic mass is 15.0. The van der Waals surface area contributed by atoms with Gasteiger partial charge in [-0.1, -0.05) is 66.7 Å². The summed E-state index contributed by atoms with van der Waals surface area (Å²) in [5, 5.41) is 4.53. The first kappa shape index (κ1) is 31.8. The molecule has 5 aromatic carbocycles. The molecule has 0 fully saturated rings. The van der Waals surface area contributed by atoms with Crippen molar-refractivity contribution in [3.63, 3.8) is 0 Å². The van der Waals surface area contributed by atoms with E-state index in [2.05, 4.69) is 150 Å². The van der Waals surface area contributed by atoms with Crippen LogP contribution in [0, 0.1) is 0 Å². The van der Waals surface area contributed by atoms with E-state index in [-0.39, 0.29) is 0 Å². The van der Waals surface area contributed by atoms with Gasteiger partial charge >= 0.3 is 0 Å². The van der Waals surface area contributed by atoms with E-state index in [0.29, 0.717) is 0 Å². The van der Waals surface area contributed by atoms with Crippen LogP contribution in [-0.4, -0.2) is 29.1 Å². The first-order chi connectivity index (χ1) is 27.8. The van der Waals surface area contributed by atoms with E-state index in [4.69, 9.17) is 0 Å². The molecule has 0 aliphatic carbocycles. The fraction of sp³-hybridized carbons (Fsp3) is 0. The minimum Gasteiger partial charge on any atom is -0.309 e. The normalized spacial score (nSPS) is 11.6.